The van der Waals surface area contributed by atoms with E-state index in [1.165, 1.54) is 57.1 Å². The zero-order valence-corrected chi connectivity index (χ0v) is 14.9. The molecule has 0 aliphatic heterocycles. The van der Waals surface area contributed by atoms with Crippen molar-refractivity contribution in [3.05, 3.63) is 0 Å². The Morgan fingerprint density at radius 1 is 0.895 bits per heavy atom. The summed E-state index contributed by atoms with van der Waals surface area (Å²) in [5.74, 6) is 1.26. The first kappa shape index (κ1) is 19.3. The number of unbranched alkanes of at least 4 members (excludes halogenated alkanes) is 6. The molecule has 0 aromatic rings. The van der Waals surface area contributed by atoms with E-state index in [9.17, 15) is 0 Å². The fourth-order valence-electron chi connectivity index (χ4n) is 2.23. The lowest BCUT2D eigenvalue weighted by molar-refractivity contribution is 0.491. The SMILES string of the molecule is CCCCCCCCCC(CSC(C)(C)C)NCC. The summed E-state index contributed by atoms with van der Waals surface area (Å²) in [4.78, 5) is 0. The van der Waals surface area contributed by atoms with Gasteiger partial charge in [-0.3, -0.25) is 0 Å². The van der Waals surface area contributed by atoms with E-state index < -0.39 is 0 Å². The van der Waals surface area contributed by atoms with Gasteiger partial charge in [0.2, 0.25) is 0 Å². The number of rotatable bonds is 12. The van der Waals surface area contributed by atoms with Gasteiger partial charge in [0, 0.05) is 16.5 Å². The third kappa shape index (κ3) is 14.5. The van der Waals surface area contributed by atoms with Gasteiger partial charge in [-0.25, -0.2) is 0 Å². The van der Waals surface area contributed by atoms with Gasteiger partial charge in [-0.05, 0) is 13.0 Å². The van der Waals surface area contributed by atoms with Gasteiger partial charge >= 0.3 is 0 Å². The van der Waals surface area contributed by atoms with Crippen LogP contribution in [0.5, 0.6) is 0 Å². The fourth-order valence-corrected chi connectivity index (χ4v) is 3.22. The summed E-state index contributed by atoms with van der Waals surface area (Å²) < 4.78 is 0.397. The van der Waals surface area contributed by atoms with Crippen molar-refractivity contribution in [3.8, 4) is 0 Å². The largest absolute Gasteiger partial charge is 0.313 e. The molecule has 0 fully saturated rings. The zero-order valence-electron chi connectivity index (χ0n) is 14.1. The van der Waals surface area contributed by atoms with Crippen LogP contribution in [0, 0.1) is 0 Å². The Hall–Kier alpha value is 0.310. The Morgan fingerprint density at radius 3 is 2.00 bits per heavy atom. The molecule has 1 atom stereocenters. The van der Waals surface area contributed by atoms with Gasteiger partial charge < -0.3 is 5.32 Å². The van der Waals surface area contributed by atoms with Crippen molar-refractivity contribution >= 4 is 11.8 Å². The van der Waals surface area contributed by atoms with E-state index in [0.29, 0.717) is 10.8 Å². The minimum absolute atomic E-state index is 0.397. The van der Waals surface area contributed by atoms with Gasteiger partial charge in [-0.15, -0.1) is 0 Å². The van der Waals surface area contributed by atoms with Crippen LogP contribution in [0.2, 0.25) is 0 Å². The maximum atomic E-state index is 3.65. The molecular weight excluding hydrogens is 250 g/mol. The van der Waals surface area contributed by atoms with Gasteiger partial charge in [0.25, 0.3) is 0 Å². The Balaban J connectivity index is 3.59. The molecule has 0 aromatic heterocycles. The number of thioether (sulfide) groups is 1. The second-order valence-electron chi connectivity index (χ2n) is 6.59. The maximum Gasteiger partial charge on any atom is 0.0158 e. The van der Waals surface area contributed by atoms with Crippen LogP contribution < -0.4 is 5.32 Å². The van der Waals surface area contributed by atoms with E-state index >= 15 is 0 Å². The minimum Gasteiger partial charge on any atom is -0.313 e. The smallest absolute Gasteiger partial charge is 0.0158 e. The topological polar surface area (TPSA) is 12.0 Å². The van der Waals surface area contributed by atoms with E-state index in [2.05, 4.69) is 51.7 Å². The van der Waals surface area contributed by atoms with E-state index in [1.54, 1.807) is 0 Å². The maximum absolute atomic E-state index is 3.65. The third-order valence-corrected chi connectivity index (χ3v) is 4.80. The van der Waals surface area contributed by atoms with Crippen molar-refractivity contribution in [1.29, 1.82) is 0 Å². The molecule has 0 aromatic carbocycles. The van der Waals surface area contributed by atoms with Crippen molar-refractivity contribution in [2.45, 2.75) is 96.8 Å². The molecule has 0 aliphatic rings. The van der Waals surface area contributed by atoms with Crippen molar-refractivity contribution in [2.75, 3.05) is 12.3 Å². The quantitative estimate of drug-likeness (QED) is 0.466. The highest BCUT2D eigenvalue weighted by Gasteiger charge is 2.14. The van der Waals surface area contributed by atoms with Crippen LogP contribution in [-0.4, -0.2) is 23.1 Å². The van der Waals surface area contributed by atoms with Crippen LogP contribution >= 0.6 is 11.8 Å². The Bertz CT molecular complexity index is 186. The van der Waals surface area contributed by atoms with E-state index in [4.69, 9.17) is 0 Å². The van der Waals surface area contributed by atoms with Crippen molar-refractivity contribution < 1.29 is 0 Å². The molecule has 0 rings (SSSR count). The lowest BCUT2D eigenvalue weighted by Crippen LogP contribution is -2.32. The van der Waals surface area contributed by atoms with Crippen molar-refractivity contribution in [1.82, 2.24) is 5.32 Å². The molecule has 116 valence electrons. The van der Waals surface area contributed by atoms with Crippen LogP contribution in [0.15, 0.2) is 0 Å². The Morgan fingerprint density at radius 2 is 1.47 bits per heavy atom. The number of hydrogen-bond donors (Lipinski definition) is 1. The molecule has 1 N–H and O–H groups in total. The second-order valence-corrected chi connectivity index (χ2v) is 8.43. The summed E-state index contributed by atoms with van der Waals surface area (Å²) in [6, 6.07) is 0.713. The van der Waals surface area contributed by atoms with Gasteiger partial charge in [0.1, 0.15) is 0 Å². The standard InChI is InChI=1S/C17H37NS/c1-6-8-9-10-11-12-13-14-16(18-7-2)15-19-17(3,4)5/h16,18H,6-15H2,1-5H3. The van der Waals surface area contributed by atoms with Gasteiger partial charge in [0.05, 0.1) is 0 Å². The molecule has 0 spiro atoms. The van der Waals surface area contributed by atoms with E-state index in [0.717, 1.165) is 6.54 Å². The predicted molar refractivity (Wildman–Crippen MR) is 92.3 cm³/mol. The van der Waals surface area contributed by atoms with E-state index in [1.807, 2.05) is 0 Å². The lowest BCUT2D eigenvalue weighted by atomic mass is 10.1. The summed E-state index contributed by atoms with van der Waals surface area (Å²) in [7, 11) is 0. The molecular formula is C17H37NS. The molecule has 2 heteroatoms. The molecule has 19 heavy (non-hydrogen) atoms. The molecule has 0 aliphatic carbocycles. The van der Waals surface area contributed by atoms with Crippen LogP contribution in [0.4, 0.5) is 0 Å². The second kappa shape index (κ2) is 12.1. The molecule has 1 unspecified atom stereocenters. The fraction of sp³-hybridized carbons (Fsp3) is 1.00. The molecule has 0 heterocycles. The van der Waals surface area contributed by atoms with Gasteiger partial charge in [-0.2, -0.15) is 11.8 Å². The molecule has 0 bridgehead atoms. The van der Waals surface area contributed by atoms with Crippen molar-refractivity contribution in [2.24, 2.45) is 0 Å². The minimum atomic E-state index is 0.397. The van der Waals surface area contributed by atoms with Crippen LogP contribution in [0.25, 0.3) is 0 Å². The molecule has 0 saturated heterocycles. The van der Waals surface area contributed by atoms with E-state index in [-0.39, 0.29) is 0 Å². The highest BCUT2D eigenvalue weighted by molar-refractivity contribution is 8.00. The average molecular weight is 288 g/mol. The summed E-state index contributed by atoms with van der Waals surface area (Å²) in [5, 5.41) is 3.65. The average Bonchev–Trinajstić information content (AvgIpc) is 2.33. The van der Waals surface area contributed by atoms with Crippen LogP contribution in [0.3, 0.4) is 0 Å². The number of nitrogens with one attached hydrogen (secondary N) is 1. The van der Waals surface area contributed by atoms with Crippen molar-refractivity contribution in [3.63, 3.8) is 0 Å². The highest BCUT2D eigenvalue weighted by Crippen LogP contribution is 2.24. The Labute approximate surface area is 126 Å². The lowest BCUT2D eigenvalue weighted by Gasteiger charge is -2.23. The monoisotopic (exact) mass is 287 g/mol. The summed E-state index contributed by atoms with van der Waals surface area (Å²) >= 11 is 2.09. The predicted octanol–water partition coefficient (Wildman–Crippen LogP) is 5.64. The Kier molecular flexibility index (Phi) is 12.3. The van der Waals surface area contributed by atoms with Crippen LogP contribution in [-0.2, 0) is 0 Å². The van der Waals surface area contributed by atoms with Gasteiger partial charge in [-0.1, -0.05) is 79.6 Å². The van der Waals surface area contributed by atoms with Crippen LogP contribution in [0.1, 0.15) is 86.0 Å². The molecule has 0 saturated carbocycles. The number of hydrogen-bond acceptors (Lipinski definition) is 2. The normalized spacial score (nSPS) is 13.7. The third-order valence-electron chi connectivity index (χ3n) is 3.37. The summed E-state index contributed by atoms with van der Waals surface area (Å²) in [6.07, 6.45) is 11.3. The molecule has 0 radical (unpaired) electrons. The first-order valence-corrected chi connectivity index (χ1v) is 9.35. The highest BCUT2D eigenvalue weighted by atomic mass is 32.2. The first-order chi connectivity index (χ1) is 8.99. The summed E-state index contributed by atoms with van der Waals surface area (Å²) in [6.45, 7) is 12.6. The van der Waals surface area contributed by atoms with Gasteiger partial charge in [0.15, 0.2) is 0 Å². The molecule has 0 amide bonds. The zero-order chi connectivity index (χ0) is 14.6. The molecule has 1 nitrogen and oxygen atoms in total. The summed E-state index contributed by atoms with van der Waals surface area (Å²) in [5.41, 5.74) is 0. The first-order valence-electron chi connectivity index (χ1n) is 8.37.